The molecule has 2 heterocycles. The van der Waals surface area contributed by atoms with E-state index < -0.39 is 0 Å². The molecule has 1 N–H and O–H groups in total. The summed E-state index contributed by atoms with van der Waals surface area (Å²) in [5, 5.41) is 11.5. The molecule has 4 rings (SSSR count). The standard InChI is InChI=1S/C19H19N5/c1-13(2)11-24-12-20-16-9-8-15(10-17(16)24)19-18(21-23-22-19)14-6-4-3-5-7-14/h3-10,12-13H,11H2,1-2H3,(H,21,22,23). The molecule has 0 bridgehead atoms. The van der Waals surface area contributed by atoms with Gasteiger partial charge in [0.25, 0.3) is 0 Å². The van der Waals surface area contributed by atoms with Crippen LogP contribution >= 0.6 is 0 Å². The van der Waals surface area contributed by atoms with Crippen molar-refractivity contribution in [1.82, 2.24) is 25.0 Å². The summed E-state index contributed by atoms with van der Waals surface area (Å²) >= 11 is 0. The summed E-state index contributed by atoms with van der Waals surface area (Å²) in [6, 6.07) is 16.4. The molecule has 120 valence electrons. The van der Waals surface area contributed by atoms with Crippen LogP contribution in [0, 0.1) is 5.92 Å². The number of rotatable bonds is 4. The fourth-order valence-corrected chi connectivity index (χ4v) is 2.97. The zero-order valence-electron chi connectivity index (χ0n) is 13.8. The molecule has 0 saturated heterocycles. The number of hydrogen-bond donors (Lipinski definition) is 1. The number of nitrogens with one attached hydrogen (secondary N) is 1. The Bertz CT molecular complexity index is 966. The Hall–Kier alpha value is -2.95. The number of fused-ring (bicyclic) bond motifs is 1. The average molecular weight is 317 g/mol. The third-order valence-electron chi connectivity index (χ3n) is 4.05. The minimum Gasteiger partial charge on any atom is -0.330 e. The molecule has 2 aromatic carbocycles. The van der Waals surface area contributed by atoms with Crippen LogP contribution in [-0.2, 0) is 6.54 Å². The third-order valence-corrected chi connectivity index (χ3v) is 4.05. The highest BCUT2D eigenvalue weighted by atomic mass is 15.3. The van der Waals surface area contributed by atoms with E-state index in [1.165, 1.54) is 0 Å². The van der Waals surface area contributed by atoms with Gasteiger partial charge in [0.1, 0.15) is 11.4 Å². The maximum absolute atomic E-state index is 4.49. The van der Waals surface area contributed by atoms with E-state index in [9.17, 15) is 0 Å². The van der Waals surface area contributed by atoms with E-state index in [4.69, 9.17) is 0 Å². The minimum atomic E-state index is 0.568. The molecule has 0 unspecified atom stereocenters. The second-order valence-corrected chi connectivity index (χ2v) is 6.38. The molecule has 0 aliphatic heterocycles. The van der Waals surface area contributed by atoms with Crippen molar-refractivity contribution in [3.63, 3.8) is 0 Å². The van der Waals surface area contributed by atoms with E-state index >= 15 is 0 Å². The molecule has 4 aromatic rings. The second-order valence-electron chi connectivity index (χ2n) is 6.38. The van der Waals surface area contributed by atoms with Gasteiger partial charge in [0, 0.05) is 17.7 Å². The van der Waals surface area contributed by atoms with Crippen LogP contribution in [0.3, 0.4) is 0 Å². The lowest BCUT2D eigenvalue weighted by molar-refractivity contribution is 0.533. The van der Waals surface area contributed by atoms with Crippen LogP contribution in [0.2, 0.25) is 0 Å². The molecule has 0 saturated carbocycles. The van der Waals surface area contributed by atoms with Crippen LogP contribution in [0.25, 0.3) is 33.5 Å². The monoisotopic (exact) mass is 317 g/mol. The van der Waals surface area contributed by atoms with Crippen LogP contribution in [0.1, 0.15) is 13.8 Å². The molecule has 0 fully saturated rings. The number of aromatic nitrogens is 5. The number of H-pyrrole nitrogens is 1. The van der Waals surface area contributed by atoms with Gasteiger partial charge in [0.2, 0.25) is 0 Å². The summed E-state index contributed by atoms with van der Waals surface area (Å²) in [5.74, 6) is 0.568. The van der Waals surface area contributed by atoms with E-state index in [-0.39, 0.29) is 0 Å². The highest BCUT2D eigenvalue weighted by Gasteiger charge is 2.14. The van der Waals surface area contributed by atoms with Crippen LogP contribution in [0.4, 0.5) is 0 Å². The Kier molecular flexibility index (Phi) is 3.61. The molecule has 5 heteroatoms. The predicted octanol–water partition coefficient (Wildman–Crippen LogP) is 4.14. The fourth-order valence-electron chi connectivity index (χ4n) is 2.97. The Morgan fingerprint density at radius 2 is 1.71 bits per heavy atom. The molecule has 0 aliphatic rings. The highest BCUT2D eigenvalue weighted by molar-refractivity contribution is 5.85. The lowest BCUT2D eigenvalue weighted by atomic mass is 10.0. The number of hydrogen-bond acceptors (Lipinski definition) is 3. The Labute approximate surface area is 140 Å². The quantitative estimate of drug-likeness (QED) is 0.615. The first-order valence-corrected chi connectivity index (χ1v) is 8.14. The van der Waals surface area contributed by atoms with E-state index in [0.29, 0.717) is 5.92 Å². The van der Waals surface area contributed by atoms with Crippen molar-refractivity contribution in [1.29, 1.82) is 0 Å². The summed E-state index contributed by atoms with van der Waals surface area (Å²) < 4.78 is 2.20. The summed E-state index contributed by atoms with van der Waals surface area (Å²) in [4.78, 5) is 4.49. The van der Waals surface area contributed by atoms with Gasteiger partial charge in [-0.1, -0.05) is 50.2 Å². The molecule has 0 amide bonds. The van der Waals surface area contributed by atoms with Gasteiger partial charge in [-0.25, -0.2) is 4.98 Å². The van der Waals surface area contributed by atoms with Gasteiger partial charge in [-0.15, -0.1) is 0 Å². The smallest absolute Gasteiger partial charge is 0.120 e. The van der Waals surface area contributed by atoms with Crippen LogP contribution in [0.15, 0.2) is 54.9 Å². The van der Waals surface area contributed by atoms with Gasteiger partial charge in [-0.3, -0.25) is 0 Å². The fraction of sp³-hybridized carbons (Fsp3) is 0.211. The number of nitrogens with zero attached hydrogens (tertiary/aromatic N) is 4. The van der Waals surface area contributed by atoms with Gasteiger partial charge in [0.15, 0.2) is 0 Å². The van der Waals surface area contributed by atoms with Crippen molar-refractivity contribution in [3.8, 4) is 22.5 Å². The molecule has 24 heavy (non-hydrogen) atoms. The molecular weight excluding hydrogens is 298 g/mol. The normalized spacial score (nSPS) is 11.5. The second kappa shape index (κ2) is 5.92. The maximum atomic E-state index is 4.49. The summed E-state index contributed by atoms with van der Waals surface area (Å²) in [6.45, 7) is 5.37. The number of benzene rings is 2. The molecule has 2 aromatic heterocycles. The van der Waals surface area contributed by atoms with E-state index in [1.807, 2.05) is 42.7 Å². The van der Waals surface area contributed by atoms with Crippen molar-refractivity contribution in [2.24, 2.45) is 5.92 Å². The van der Waals surface area contributed by atoms with Crippen LogP contribution < -0.4 is 0 Å². The third kappa shape index (κ3) is 2.58. The van der Waals surface area contributed by atoms with Gasteiger partial charge in [0.05, 0.1) is 17.4 Å². The first kappa shape index (κ1) is 14.6. The largest absolute Gasteiger partial charge is 0.330 e. The lowest BCUT2D eigenvalue weighted by Gasteiger charge is -2.08. The van der Waals surface area contributed by atoms with Crippen molar-refractivity contribution in [3.05, 3.63) is 54.9 Å². The molecule has 0 radical (unpaired) electrons. The summed E-state index contributed by atoms with van der Waals surface area (Å²) in [6.07, 6.45) is 1.91. The number of imidazole rings is 1. The molecule has 0 atom stereocenters. The van der Waals surface area contributed by atoms with Gasteiger partial charge in [-0.2, -0.15) is 15.4 Å². The predicted molar refractivity (Wildman–Crippen MR) is 95.4 cm³/mol. The topological polar surface area (TPSA) is 59.4 Å². The van der Waals surface area contributed by atoms with Crippen LogP contribution in [0.5, 0.6) is 0 Å². The molecule has 0 aliphatic carbocycles. The minimum absolute atomic E-state index is 0.568. The number of aromatic amines is 1. The first-order valence-electron chi connectivity index (χ1n) is 8.14. The van der Waals surface area contributed by atoms with Crippen molar-refractivity contribution in [2.75, 3.05) is 0 Å². The van der Waals surface area contributed by atoms with Gasteiger partial charge >= 0.3 is 0 Å². The van der Waals surface area contributed by atoms with Crippen molar-refractivity contribution < 1.29 is 0 Å². The van der Waals surface area contributed by atoms with Gasteiger partial charge in [-0.05, 0) is 18.1 Å². The van der Waals surface area contributed by atoms with E-state index in [0.717, 1.165) is 40.1 Å². The van der Waals surface area contributed by atoms with E-state index in [2.05, 4.69) is 50.9 Å². The molecular formula is C19H19N5. The van der Waals surface area contributed by atoms with Crippen molar-refractivity contribution >= 4 is 11.0 Å². The summed E-state index contributed by atoms with van der Waals surface area (Å²) in [7, 11) is 0. The van der Waals surface area contributed by atoms with E-state index in [1.54, 1.807) is 0 Å². The molecule has 5 nitrogen and oxygen atoms in total. The zero-order valence-corrected chi connectivity index (χ0v) is 13.8. The lowest BCUT2D eigenvalue weighted by Crippen LogP contribution is -2.02. The average Bonchev–Trinajstić information content (AvgIpc) is 3.22. The Morgan fingerprint density at radius 3 is 2.46 bits per heavy atom. The van der Waals surface area contributed by atoms with Gasteiger partial charge < -0.3 is 4.57 Å². The zero-order chi connectivity index (χ0) is 16.5. The van der Waals surface area contributed by atoms with Crippen molar-refractivity contribution in [2.45, 2.75) is 20.4 Å². The Morgan fingerprint density at radius 1 is 0.958 bits per heavy atom. The van der Waals surface area contributed by atoms with Crippen LogP contribution in [-0.4, -0.2) is 25.0 Å². The SMILES string of the molecule is CC(C)Cn1cnc2ccc(-c3n[nH]nc3-c3ccccc3)cc21. The Balaban J connectivity index is 1.82. The highest BCUT2D eigenvalue weighted by Crippen LogP contribution is 2.30. The summed E-state index contributed by atoms with van der Waals surface area (Å²) in [5.41, 5.74) is 5.95. The maximum Gasteiger partial charge on any atom is 0.120 e. The molecule has 0 spiro atoms. The first-order chi connectivity index (χ1) is 11.7.